The smallest absolute Gasteiger partial charge is 0.277 e. The number of amides is 1. The number of hydrazone groups is 1. The Kier molecular flexibility index (Phi) is 5.90. The van der Waals surface area contributed by atoms with Crippen molar-refractivity contribution in [3.8, 4) is 5.75 Å². The largest absolute Gasteiger partial charge is 0.484 e. The first-order valence-corrected chi connectivity index (χ1v) is 8.64. The molecule has 0 aromatic heterocycles. The molecule has 2 aromatic carbocycles. The molecule has 130 valence electrons. The van der Waals surface area contributed by atoms with Gasteiger partial charge in [0.05, 0.1) is 6.21 Å². The quantitative estimate of drug-likeness (QED) is 0.636. The summed E-state index contributed by atoms with van der Waals surface area (Å²) in [5.74, 6) is 0.217. The molecule has 1 heterocycles. The van der Waals surface area contributed by atoms with Gasteiger partial charge in [0.1, 0.15) is 5.75 Å². The predicted octanol–water partition coefficient (Wildman–Crippen LogP) is 3.47. The van der Waals surface area contributed by atoms with Crippen LogP contribution in [0.3, 0.4) is 0 Å². The maximum Gasteiger partial charge on any atom is 0.277 e. The Labute approximate surface area is 152 Å². The number of benzene rings is 2. The Bertz CT molecular complexity index is 741. The maximum absolute atomic E-state index is 11.7. The first-order chi connectivity index (χ1) is 12.2. The minimum absolute atomic E-state index is 0.119. The van der Waals surface area contributed by atoms with Gasteiger partial charge in [-0.15, -0.1) is 0 Å². The molecule has 0 atom stereocenters. The lowest BCUT2D eigenvalue weighted by Crippen LogP contribution is -2.24. The average molecular weight is 358 g/mol. The van der Waals surface area contributed by atoms with E-state index in [4.69, 9.17) is 16.3 Å². The van der Waals surface area contributed by atoms with Gasteiger partial charge in [-0.05, 0) is 48.7 Å². The van der Waals surface area contributed by atoms with E-state index in [0.29, 0.717) is 10.8 Å². The van der Waals surface area contributed by atoms with Crippen molar-refractivity contribution in [1.29, 1.82) is 0 Å². The first-order valence-electron chi connectivity index (χ1n) is 8.26. The Morgan fingerprint density at radius 3 is 2.68 bits per heavy atom. The number of carbonyl (C=O) groups excluding carboxylic acids is 1. The number of anilines is 1. The van der Waals surface area contributed by atoms with Crippen LogP contribution in [0.2, 0.25) is 5.02 Å². The molecule has 5 nitrogen and oxygen atoms in total. The molecule has 1 aliphatic rings. The van der Waals surface area contributed by atoms with Crippen LogP contribution in [0.1, 0.15) is 18.4 Å². The Balaban J connectivity index is 1.45. The first kappa shape index (κ1) is 17.3. The molecule has 0 saturated carbocycles. The molecule has 1 N–H and O–H groups in total. The SMILES string of the molecule is O=C(COc1cccc(Cl)c1)N/N=C/c1ccc(N2CCCC2)cc1. The van der Waals surface area contributed by atoms with Gasteiger partial charge in [-0.3, -0.25) is 4.79 Å². The van der Waals surface area contributed by atoms with Crippen LogP contribution in [-0.4, -0.2) is 31.8 Å². The number of ether oxygens (including phenoxy) is 1. The van der Waals surface area contributed by atoms with E-state index in [1.54, 1.807) is 30.5 Å². The average Bonchev–Trinajstić information content (AvgIpc) is 3.15. The molecular formula is C19H20ClN3O2. The molecule has 1 fully saturated rings. The zero-order valence-corrected chi connectivity index (χ0v) is 14.6. The van der Waals surface area contributed by atoms with E-state index in [0.717, 1.165) is 18.7 Å². The van der Waals surface area contributed by atoms with Crippen molar-refractivity contribution in [2.45, 2.75) is 12.8 Å². The summed E-state index contributed by atoms with van der Waals surface area (Å²) in [6.45, 7) is 2.12. The maximum atomic E-state index is 11.7. The highest BCUT2D eigenvalue weighted by molar-refractivity contribution is 6.30. The summed E-state index contributed by atoms with van der Waals surface area (Å²) in [6, 6.07) is 15.0. The van der Waals surface area contributed by atoms with Crippen LogP contribution >= 0.6 is 11.6 Å². The van der Waals surface area contributed by atoms with Crippen molar-refractivity contribution < 1.29 is 9.53 Å². The van der Waals surface area contributed by atoms with E-state index >= 15 is 0 Å². The fourth-order valence-electron chi connectivity index (χ4n) is 2.66. The van der Waals surface area contributed by atoms with Gasteiger partial charge in [0.2, 0.25) is 0 Å². The highest BCUT2D eigenvalue weighted by Gasteiger charge is 2.11. The van der Waals surface area contributed by atoms with Crippen molar-refractivity contribution in [1.82, 2.24) is 5.43 Å². The Hall–Kier alpha value is -2.53. The second-order valence-corrected chi connectivity index (χ2v) is 6.26. The van der Waals surface area contributed by atoms with Gasteiger partial charge in [-0.1, -0.05) is 29.8 Å². The number of rotatable bonds is 6. The molecule has 0 spiro atoms. The van der Waals surface area contributed by atoms with Crippen molar-refractivity contribution >= 4 is 29.4 Å². The zero-order valence-electron chi connectivity index (χ0n) is 13.8. The van der Waals surface area contributed by atoms with E-state index in [1.807, 2.05) is 12.1 Å². The highest BCUT2D eigenvalue weighted by Crippen LogP contribution is 2.20. The second kappa shape index (κ2) is 8.53. The molecule has 0 radical (unpaired) electrons. The summed E-state index contributed by atoms with van der Waals surface area (Å²) in [4.78, 5) is 14.1. The highest BCUT2D eigenvalue weighted by atomic mass is 35.5. The molecule has 1 aliphatic heterocycles. The number of nitrogens with zero attached hydrogens (tertiary/aromatic N) is 2. The molecule has 6 heteroatoms. The van der Waals surface area contributed by atoms with Crippen LogP contribution < -0.4 is 15.1 Å². The number of nitrogens with one attached hydrogen (secondary N) is 1. The standard InChI is InChI=1S/C19H20ClN3O2/c20-16-4-3-5-18(12-16)25-14-19(24)22-21-13-15-6-8-17(9-7-15)23-10-1-2-11-23/h3-9,12-13H,1-2,10-11,14H2,(H,22,24)/b21-13+. The second-order valence-electron chi connectivity index (χ2n) is 5.82. The van der Waals surface area contributed by atoms with Gasteiger partial charge in [0, 0.05) is 23.8 Å². The summed E-state index contributed by atoms with van der Waals surface area (Å²) in [6.07, 6.45) is 4.13. The number of hydrogen-bond acceptors (Lipinski definition) is 4. The Morgan fingerprint density at radius 2 is 1.96 bits per heavy atom. The lowest BCUT2D eigenvalue weighted by Gasteiger charge is -2.17. The lowest BCUT2D eigenvalue weighted by molar-refractivity contribution is -0.123. The zero-order chi connectivity index (χ0) is 17.5. The van der Waals surface area contributed by atoms with Gasteiger partial charge in [0.15, 0.2) is 6.61 Å². The predicted molar refractivity (Wildman–Crippen MR) is 101 cm³/mol. The van der Waals surface area contributed by atoms with Crippen LogP contribution in [0.4, 0.5) is 5.69 Å². The van der Waals surface area contributed by atoms with Gasteiger partial charge in [0.25, 0.3) is 5.91 Å². The molecular weight excluding hydrogens is 338 g/mol. The summed E-state index contributed by atoms with van der Waals surface area (Å²) >= 11 is 5.86. The van der Waals surface area contributed by atoms with Gasteiger partial charge in [-0.2, -0.15) is 5.10 Å². The normalized spacial score (nSPS) is 14.0. The summed E-state index contributed by atoms with van der Waals surface area (Å²) in [5, 5.41) is 4.52. The third-order valence-corrected chi connectivity index (χ3v) is 4.17. The van der Waals surface area contributed by atoms with Crippen LogP contribution in [0, 0.1) is 0 Å². The Morgan fingerprint density at radius 1 is 1.20 bits per heavy atom. The van der Waals surface area contributed by atoms with E-state index in [9.17, 15) is 4.79 Å². The lowest BCUT2D eigenvalue weighted by atomic mass is 10.2. The molecule has 0 unspecified atom stereocenters. The van der Waals surface area contributed by atoms with Crippen LogP contribution in [0.5, 0.6) is 5.75 Å². The monoisotopic (exact) mass is 357 g/mol. The number of carbonyl (C=O) groups is 1. The van der Waals surface area contributed by atoms with Crippen molar-refractivity contribution in [2.24, 2.45) is 5.10 Å². The molecule has 1 saturated heterocycles. The topological polar surface area (TPSA) is 53.9 Å². The minimum atomic E-state index is -0.329. The van der Waals surface area contributed by atoms with Crippen LogP contribution in [0.15, 0.2) is 53.6 Å². The van der Waals surface area contributed by atoms with Gasteiger partial charge in [-0.25, -0.2) is 5.43 Å². The molecule has 0 aliphatic carbocycles. The van der Waals surface area contributed by atoms with E-state index in [2.05, 4.69) is 27.6 Å². The third-order valence-electron chi connectivity index (χ3n) is 3.93. The molecule has 25 heavy (non-hydrogen) atoms. The summed E-state index contributed by atoms with van der Waals surface area (Å²) < 4.78 is 5.35. The molecule has 3 rings (SSSR count). The fraction of sp³-hybridized carbons (Fsp3) is 0.263. The minimum Gasteiger partial charge on any atom is -0.484 e. The van der Waals surface area contributed by atoms with Crippen LogP contribution in [0.25, 0.3) is 0 Å². The number of halogens is 1. The van der Waals surface area contributed by atoms with E-state index in [-0.39, 0.29) is 12.5 Å². The molecule has 0 bridgehead atoms. The molecule has 1 amide bonds. The number of hydrogen-bond donors (Lipinski definition) is 1. The van der Waals surface area contributed by atoms with E-state index < -0.39 is 0 Å². The fourth-order valence-corrected chi connectivity index (χ4v) is 2.84. The molecule has 2 aromatic rings. The van der Waals surface area contributed by atoms with Crippen LogP contribution in [-0.2, 0) is 4.79 Å². The van der Waals surface area contributed by atoms with Gasteiger partial charge < -0.3 is 9.64 Å². The van der Waals surface area contributed by atoms with Crippen molar-refractivity contribution in [3.63, 3.8) is 0 Å². The van der Waals surface area contributed by atoms with Crippen molar-refractivity contribution in [3.05, 3.63) is 59.1 Å². The van der Waals surface area contributed by atoms with Crippen molar-refractivity contribution in [2.75, 3.05) is 24.6 Å². The van der Waals surface area contributed by atoms with E-state index in [1.165, 1.54) is 18.5 Å². The third kappa shape index (κ3) is 5.22. The summed E-state index contributed by atoms with van der Waals surface area (Å²) in [5.41, 5.74) is 4.61. The van der Waals surface area contributed by atoms with Gasteiger partial charge >= 0.3 is 0 Å². The summed E-state index contributed by atoms with van der Waals surface area (Å²) in [7, 11) is 0.